The number of aliphatic hydroxyl groups excluding tert-OH is 10. The standard InChI is InChI=1S/C42H46O24/c43-12-26-30(51)33(54)36(57)40(63-26)61-24-10-17(45)9-23-18(24)11-25(38(60-23)16-3-5-20(47)22(49)8-16)62-42-39(66-41-37(58)34(55)31(52)27(13-44)64-41)35(56)32(53)28(65-42)14-59-29(50)6-2-15-1-4-19(46)21(48)7-15/h1-11,26-28,30-37,39-44,51-58H,12-14H2,(H4-,45,46,47,48,49,50)/p+1/t26-,27-,28-,30-,31-,32-,33+,34+,35+,36-,37-,39-,40-,41+,42+/m1/s1. The number of benzene rings is 3. The van der Waals surface area contributed by atoms with E-state index in [0.717, 1.165) is 36.4 Å². The molecular weight excluding hydrogens is 888 g/mol. The summed E-state index contributed by atoms with van der Waals surface area (Å²) in [6.07, 6.45) is -25.6. The van der Waals surface area contributed by atoms with Crippen molar-refractivity contribution in [1.82, 2.24) is 0 Å². The summed E-state index contributed by atoms with van der Waals surface area (Å²) < 4.78 is 46.4. The van der Waals surface area contributed by atoms with E-state index < -0.39 is 152 Å². The van der Waals surface area contributed by atoms with Crippen LogP contribution in [0.1, 0.15) is 5.56 Å². The first kappa shape index (κ1) is 48.3. The van der Waals surface area contributed by atoms with Gasteiger partial charge >= 0.3 is 17.3 Å². The van der Waals surface area contributed by atoms with Crippen LogP contribution in [0, 0.1) is 0 Å². The SMILES string of the molecule is O=C(/C=C/c1ccc(O)c(O)c1)OC[C@H]1O[C@H](Oc2cc3c(O[C@@H]4O[C@H](CO)[C@@H](O)[C@H](O)[C@H]4O)cc(O)cc3[o+]c2-c2ccc(O)c(O)c2)[C@H](O[C@@H]2O[C@H](CO)[C@@H](O)[C@H](O)[C@H]2O)[C@@H](O)[C@@H]1O. The van der Waals surface area contributed by atoms with Gasteiger partial charge in [-0.2, -0.15) is 0 Å². The second kappa shape index (κ2) is 20.0. The largest absolute Gasteiger partial charge is 0.507 e. The number of rotatable bonds is 13. The van der Waals surface area contributed by atoms with Gasteiger partial charge in [0, 0.05) is 24.3 Å². The maximum absolute atomic E-state index is 12.8. The van der Waals surface area contributed by atoms with E-state index in [2.05, 4.69) is 0 Å². The number of carbonyl (C=O) groups is 1. The Balaban J connectivity index is 1.27. The van der Waals surface area contributed by atoms with E-state index in [1.807, 2.05) is 0 Å². The summed E-state index contributed by atoms with van der Waals surface area (Å²) in [5.41, 5.74) is 0.0618. The molecule has 24 heteroatoms. The Morgan fingerprint density at radius 2 is 1.17 bits per heavy atom. The van der Waals surface area contributed by atoms with Gasteiger partial charge in [0.25, 0.3) is 0 Å². The van der Waals surface area contributed by atoms with Gasteiger partial charge < -0.3 is 110 Å². The highest BCUT2D eigenvalue weighted by molar-refractivity contribution is 5.89. The molecule has 3 saturated heterocycles. The Hall–Kier alpha value is -5.68. The maximum atomic E-state index is 12.8. The van der Waals surface area contributed by atoms with Gasteiger partial charge in [0.1, 0.15) is 90.6 Å². The number of fused-ring (bicyclic) bond motifs is 1. The van der Waals surface area contributed by atoms with Gasteiger partial charge in [0.15, 0.2) is 35.4 Å². The Kier molecular flexibility index (Phi) is 14.7. The molecule has 0 amide bonds. The fourth-order valence-corrected chi connectivity index (χ4v) is 7.28. The third-order valence-corrected chi connectivity index (χ3v) is 11.0. The number of aromatic hydroxyl groups is 5. The van der Waals surface area contributed by atoms with Crippen molar-refractivity contribution < 1.29 is 119 Å². The molecule has 358 valence electrons. The van der Waals surface area contributed by atoms with Crippen LogP contribution in [0.5, 0.6) is 40.2 Å². The molecule has 0 saturated carbocycles. The monoisotopic (exact) mass is 935 g/mol. The Labute approximate surface area is 371 Å². The molecule has 24 nitrogen and oxygen atoms in total. The maximum Gasteiger partial charge on any atom is 0.402 e. The zero-order valence-electron chi connectivity index (χ0n) is 34.0. The Morgan fingerprint density at radius 3 is 1.80 bits per heavy atom. The van der Waals surface area contributed by atoms with E-state index in [1.54, 1.807) is 0 Å². The lowest BCUT2D eigenvalue weighted by molar-refractivity contribution is -0.357. The van der Waals surface area contributed by atoms with Gasteiger partial charge in [-0.1, -0.05) is 6.07 Å². The zero-order chi connectivity index (χ0) is 47.7. The molecule has 7 rings (SSSR count). The molecule has 66 heavy (non-hydrogen) atoms. The molecule has 4 heterocycles. The number of esters is 1. The van der Waals surface area contributed by atoms with Crippen LogP contribution in [-0.2, 0) is 28.5 Å². The molecule has 1 aromatic heterocycles. The van der Waals surface area contributed by atoms with Gasteiger partial charge in [-0.15, -0.1) is 0 Å². The van der Waals surface area contributed by atoms with Crippen molar-refractivity contribution in [3.05, 3.63) is 66.2 Å². The van der Waals surface area contributed by atoms with E-state index in [4.69, 9.17) is 37.6 Å². The first-order valence-electron chi connectivity index (χ1n) is 20.0. The van der Waals surface area contributed by atoms with E-state index in [-0.39, 0.29) is 33.6 Å². The lowest BCUT2D eigenvalue weighted by atomic mass is 9.97. The molecule has 0 bridgehead atoms. The second-order valence-electron chi connectivity index (χ2n) is 15.5. The molecule has 0 radical (unpaired) electrons. The van der Waals surface area contributed by atoms with Crippen molar-refractivity contribution in [2.75, 3.05) is 19.8 Å². The van der Waals surface area contributed by atoms with Crippen molar-refractivity contribution in [3.63, 3.8) is 0 Å². The fraction of sp³-hybridized carbons (Fsp3) is 0.429. The number of carbonyl (C=O) groups excluding carboxylic acids is 1. The highest BCUT2D eigenvalue weighted by Crippen LogP contribution is 2.44. The molecule has 15 atom stereocenters. The van der Waals surface area contributed by atoms with Crippen LogP contribution in [0.2, 0.25) is 0 Å². The van der Waals surface area contributed by atoms with E-state index >= 15 is 0 Å². The minimum atomic E-state index is -2.10. The third kappa shape index (κ3) is 10.0. The smallest absolute Gasteiger partial charge is 0.402 e. The molecule has 4 aromatic rings. The normalized spacial score (nSPS) is 32.6. The Morgan fingerprint density at radius 1 is 0.591 bits per heavy atom. The average Bonchev–Trinajstić information content (AvgIpc) is 3.29. The molecule has 3 aliphatic heterocycles. The lowest BCUT2D eigenvalue weighted by Crippen LogP contribution is -2.65. The summed E-state index contributed by atoms with van der Waals surface area (Å²) in [6.45, 7) is -2.47. The van der Waals surface area contributed by atoms with Crippen LogP contribution in [0.25, 0.3) is 28.4 Å². The fourth-order valence-electron chi connectivity index (χ4n) is 7.28. The van der Waals surface area contributed by atoms with Gasteiger partial charge in [-0.05, 0) is 35.9 Å². The first-order chi connectivity index (χ1) is 31.4. The first-order valence-corrected chi connectivity index (χ1v) is 20.0. The highest BCUT2D eigenvalue weighted by Gasteiger charge is 2.52. The molecular formula is C42H47O24+. The number of phenols is 5. The molecule has 0 spiro atoms. The highest BCUT2D eigenvalue weighted by atomic mass is 16.8. The topological polar surface area (TPSA) is 396 Å². The molecule has 0 unspecified atom stereocenters. The predicted molar refractivity (Wildman–Crippen MR) is 215 cm³/mol. The van der Waals surface area contributed by atoms with Gasteiger partial charge in [0.2, 0.25) is 18.3 Å². The van der Waals surface area contributed by atoms with Crippen molar-refractivity contribution in [3.8, 4) is 51.6 Å². The second-order valence-corrected chi connectivity index (χ2v) is 15.5. The van der Waals surface area contributed by atoms with E-state index in [9.17, 15) is 81.4 Å². The van der Waals surface area contributed by atoms with Crippen LogP contribution in [0.15, 0.2) is 65.1 Å². The summed E-state index contributed by atoms with van der Waals surface area (Å²) in [6, 6.07) is 10.4. The quantitative estimate of drug-likeness (QED) is 0.0282. The van der Waals surface area contributed by atoms with Crippen LogP contribution in [0.3, 0.4) is 0 Å². The Bertz CT molecular complexity index is 2370. The summed E-state index contributed by atoms with van der Waals surface area (Å²) in [4.78, 5) is 12.8. The number of hydrogen-bond donors (Lipinski definition) is 15. The zero-order valence-corrected chi connectivity index (χ0v) is 34.0. The summed E-state index contributed by atoms with van der Waals surface area (Å²) >= 11 is 0. The van der Waals surface area contributed by atoms with E-state index in [1.165, 1.54) is 30.3 Å². The van der Waals surface area contributed by atoms with Crippen molar-refractivity contribution in [2.24, 2.45) is 0 Å². The number of hydrogen-bond acceptors (Lipinski definition) is 23. The van der Waals surface area contributed by atoms with E-state index in [0.29, 0.717) is 0 Å². The number of phenolic OH excluding ortho intramolecular Hbond substituents is 5. The van der Waals surface area contributed by atoms with Gasteiger partial charge in [0.05, 0.1) is 24.8 Å². The average molecular weight is 936 g/mol. The minimum Gasteiger partial charge on any atom is -0.507 e. The molecule has 3 aromatic carbocycles. The molecule has 0 aliphatic carbocycles. The predicted octanol–water partition coefficient (Wildman–Crippen LogP) is -2.65. The van der Waals surface area contributed by atoms with Crippen LogP contribution >= 0.6 is 0 Å². The van der Waals surface area contributed by atoms with Crippen LogP contribution < -0.4 is 9.47 Å². The minimum absolute atomic E-state index is 0.0241. The van der Waals surface area contributed by atoms with Crippen molar-refractivity contribution >= 4 is 23.0 Å². The molecule has 15 N–H and O–H groups in total. The van der Waals surface area contributed by atoms with Crippen LogP contribution in [-0.4, -0.2) is 195 Å². The lowest BCUT2D eigenvalue weighted by Gasteiger charge is -2.45. The van der Waals surface area contributed by atoms with Crippen LogP contribution in [0.4, 0.5) is 0 Å². The molecule has 3 aliphatic rings. The van der Waals surface area contributed by atoms with Gasteiger partial charge in [-0.25, -0.2) is 9.21 Å². The molecule has 3 fully saturated rings. The summed E-state index contributed by atoms with van der Waals surface area (Å²) in [5.74, 6) is -4.64. The number of ether oxygens (including phenoxy) is 7. The van der Waals surface area contributed by atoms with Gasteiger partial charge in [-0.3, -0.25) is 0 Å². The van der Waals surface area contributed by atoms with Crippen molar-refractivity contribution in [2.45, 2.75) is 92.1 Å². The number of aliphatic hydroxyl groups is 10. The third-order valence-electron chi connectivity index (χ3n) is 11.0. The van der Waals surface area contributed by atoms with Crippen molar-refractivity contribution in [1.29, 1.82) is 0 Å². The summed E-state index contributed by atoms with van der Waals surface area (Å²) in [7, 11) is 0. The summed E-state index contributed by atoms with van der Waals surface area (Å²) in [5, 5.41) is 156.